The van der Waals surface area contributed by atoms with Gasteiger partial charge in [0.25, 0.3) is 5.91 Å². The Hall–Kier alpha value is -3.88. The molecule has 4 rings (SSSR count). The number of benzene rings is 3. The summed E-state index contributed by atoms with van der Waals surface area (Å²) in [6, 6.07) is 19.7. The number of hydrogen-bond donors (Lipinski definition) is 1. The van der Waals surface area contributed by atoms with E-state index in [1.165, 1.54) is 23.1 Å². The van der Waals surface area contributed by atoms with Crippen LogP contribution in [0.25, 0.3) is 10.1 Å². The Labute approximate surface area is 217 Å². The molecule has 1 heterocycles. The van der Waals surface area contributed by atoms with Crippen molar-refractivity contribution >= 4 is 51.1 Å². The van der Waals surface area contributed by atoms with Gasteiger partial charge in [-0.1, -0.05) is 30.7 Å². The highest BCUT2D eigenvalue weighted by molar-refractivity contribution is 7.21. The van der Waals surface area contributed by atoms with Gasteiger partial charge in [0, 0.05) is 10.1 Å². The zero-order valence-corrected chi connectivity index (χ0v) is 21.2. The van der Waals surface area contributed by atoms with Gasteiger partial charge in [-0.25, -0.2) is 10.2 Å². The normalized spacial score (nSPS) is 11.0. The number of methoxy groups -OCH3 is 1. The highest BCUT2D eigenvalue weighted by Crippen LogP contribution is 2.37. The predicted molar refractivity (Wildman–Crippen MR) is 142 cm³/mol. The molecule has 9 heteroatoms. The summed E-state index contributed by atoms with van der Waals surface area (Å²) in [5.74, 6) is 0.735. The molecule has 0 bridgehead atoms. The fraction of sp³-hybridized carbons (Fsp3) is 0.148. The zero-order chi connectivity index (χ0) is 25.5. The number of fused-ring (bicyclic) bond motifs is 1. The molecule has 1 aromatic heterocycles. The molecule has 0 fully saturated rings. The van der Waals surface area contributed by atoms with Gasteiger partial charge in [-0.05, 0) is 72.1 Å². The van der Waals surface area contributed by atoms with Crippen molar-refractivity contribution in [2.24, 2.45) is 5.10 Å². The van der Waals surface area contributed by atoms with Crippen LogP contribution in [0.15, 0.2) is 71.8 Å². The Balaban J connectivity index is 1.29. The van der Waals surface area contributed by atoms with Gasteiger partial charge in [0.1, 0.15) is 22.1 Å². The lowest BCUT2D eigenvalue weighted by molar-refractivity contribution is -0.123. The largest absolute Gasteiger partial charge is 0.497 e. The monoisotopic (exact) mass is 522 g/mol. The number of hydrogen-bond acceptors (Lipinski definition) is 7. The smallest absolute Gasteiger partial charge is 0.355 e. The molecule has 7 nitrogen and oxygen atoms in total. The number of amides is 1. The summed E-state index contributed by atoms with van der Waals surface area (Å²) in [5, 5.41) is 5.05. The second kappa shape index (κ2) is 11.7. The van der Waals surface area contributed by atoms with Gasteiger partial charge < -0.3 is 14.2 Å². The molecule has 0 unspecified atom stereocenters. The second-order valence-electron chi connectivity index (χ2n) is 7.65. The first-order valence-electron chi connectivity index (χ1n) is 11.1. The number of nitrogens with one attached hydrogen (secondary N) is 1. The van der Waals surface area contributed by atoms with Crippen molar-refractivity contribution in [1.29, 1.82) is 0 Å². The van der Waals surface area contributed by atoms with Crippen LogP contribution in [-0.2, 0) is 11.2 Å². The third kappa shape index (κ3) is 6.21. The van der Waals surface area contributed by atoms with E-state index in [0.29, 0.717) is 32.7 Å². The van der Waals surface area contributed by atoms with Gasteiger partial charge in [0.2, 0.25) is 0 Å². The van der Waals surface area contributed by atoms with Crippen molar-refractivity contribution in [2.45, 2.75) is 13.3 Å². The molecule has 184 valence electrons. The first kappa shape index (κ1) is 25.2. The summed E-state index contributed by atoms with van der Waals surface area (Å²) in [5.41, 5.74) is 4.32. The number of halogens is 1. The average molecular weight is 523 g/mol. The Morgan fingerprint density at radius 2 is 1.69 bits per heavy atom. The summed E-state index contributed by atoms with van der Waals surface area (Å²) in [6.45, 7) is 1.92. The average Bonchev–Trinajstić information content (AvgIpc) is 3.24. The van der Waals surface area contributed by atoms with Crippen molar-refractivity contribution in [2.75, 3.05) is 13.7 Å². The summed E-state index contributed by atoms with van der Waals surface area (Å²) >= 11 is 7.64. The molecule has 0 radical (unpaired) electrons. The van der Waals surface area contributed by atoms with Crippen LogP contribution in [0.1, 0.15) is 27.7 Å². The topological polar surface area (TPSA) is 86.2 Å². The summed E-state index contributed by atoms with van der Waals surface area (Å²) in [7, 11) is 1.58. The second-order valence-corrected chi connectivity index (χ2v) is 9.08. The maximum absolute atomic E-state index is 12.7. The molecule has 0 saturated carbocycles. The van der Waals surface area contributed by atoms with E-state index in [9.17, 15) is 9.59 Å². The fourth-order valence-corrected chi connectivity index (χ4v) is 4.67. The lowest BCUT2D eigenvalue weighted by Gasteiger charge is -2.05. The van der Waals surface area contributed by atoms with Crippen LogP contribution in [-0.4, -0.2) is 31.8 Å². The molecule has 0 saturated heterocycles. The highest BCUT2D eigenvalue weighted by atomic mass is 35.5. The van der Waals surface area contributed by atoms with E-state index in [-0.39, 0.29) is 12.5 Å². The van der Waals surface area contributed by atoms with Crippen LogP contribution in [0.4, 0.5) is 0 Å². The predicted octanol–water partition coefficient (Wildman–Crippen LogP) is 5.87. The summed E-state index contributed by atoms with van der Waals surface area (Å²) < 4.78 is 17.0. The first-order valence-corrected chi connectivity index (χ1v) is 12.3. The number of carbonyl (C=O) groups is 2. The number of aryl methyl sites for hydroxylation is 1. The zero-order valence-electron chi connectivity index (χ0n) is 19.6. The van der Waals surface area contributed by atoms with Crippen molar-refractivity contribution in [3.63, 3.8) is 0 Å². The lowest BCUT2D eigenvalue weighted by Crippen LogP contribution is -2.24. The Kier molecular flexibility index (Phi) is 8.20. The van der Waals surface area contributed by atoms with Crippen molar-refractivity contribution < 1.29 is 23.8 Å². The van der Waals surface area contributed by atoms with E-state index in [0.717, 1.165) is 16.5 Å². The fourth-order valence-electron chi connectivity index (χ4n) is 3.26. The number of rotatable bonds is 9. The van der Waals surface area contributed by atoms with Gasteiger partial charge in [-0.2, -0.15) is 5.10 Å². The molecular weight excluding hydrogens is 500 g/mol. The van der Waals surface area contributed by atoms with Crippen LogP contribution >= 0.6 is 22.9 Å². The minimum Gasteiger partial charge on any atom is -0.497 e. The Morgan fingerprint density at radius 1 is 1.00 bits per heavy atom. The summed E-state index contributed by atoms with van der Waals surface area (Å²) in [4.78, 5) is 24.9. The van der Waals surface area contributed by atoms with Gasteiger partial charge in [-0.15, -0.1) is 11.3 Å². The third-order valence-corrected chi connectivity index (χ3v) is 6.85. The van der Waals surface area contributed by atoms with Crippen LogP contribution in [0.5, 0.6) is 17.2 Å². The first-order chi connectivity index (χ1) is 17.5. The molecular formula is C27H23ClN2O5S. The van der Waals surface area contributed by atoms with Crippen LogP contribution in [0, 0.1) is 0 Å². The number of carbonyl (C=O) groups excluding carboxylic acids is 2. The SMILES string of the molecule is CCc1ccc(OCC(=O)N/N=C/c2ccc(OC(=O)c3sc4cc(OC)ccc4c3Cl)cc2)cc1. The van der Waals surface area contributed by atoms with E-state index in [2.05, 4.69) is 17.5 Å². The molecule has 0 aliphatic heterocycles. The van der Waals surface area contributed by atoms with Crippen molar-refractivity contribution in [1.82, 2.24) is 5.43 Å². The van der Waals surface area contributed by atoms with E-state index in [4.69, 9.17) is 25.8 Å². The Bertz CT molecular complexity index is 1400. The molecule has 0 aliphatic rings. The standard InChI is InChI=1S/C27H23ClN2O5S/c1-3-17-4-8-19(9-5-17)34-16-24(31)30-29-15-18-6-10-20(11-7-18)35-27(32)26-25(28)22-13-12-21(33-2)14-23(22)36-26/h4-15H,3,16H2,1-2H3,(H,30,31)/b29-15+. The summed E-state index contributed by atoms with van der Waals surface area (Å²) in [6.07, 6.45) is 2.42. The number of esters is 1. The number of nitrogens with zero attached hydrogens (tertiary/aromatic N) is 1. The van der Waals surface area contributed by atoms with E-state index >= 15 is 0 Å². The van der Waals surface area contributed by atoms with Gasteiger partial charge in [0.05, 0.1) is 18.3 Å². The van der Waals surface area contributed by atoms with E-state index in [1.54, 1.807) is 37.4 Å². The number of thiophene rings is 1. The van der Waals surface area contributed by atoms with E-state index in [1.807, 2.05) is 36.4 Å². The molecule has 1 amide bonds. The molecule has 0 aliphatic carbocycles. The maximum atomic E-state index is 12.7. The lowest BCUT2D eigenvalue weighted by atomic mass is 10.2. The van der Waals surface area contributed by atoms with Crippen molar-refractivity contribution in [3.05, 3.63) is 87.8 Å². The van der Waals surface area contributed by atoms with Gasteiger partial charge in [-0.3, -0.25) is 4.79 Å². The molecule has 4 aromatic rings. The molecule has 1 N–H and O–H groups in total. The van der Waals surface area contributed by atoms with Gasteiger partial charge in [0.15, 0.2) is 6.61 Å². The maximum Gasteiger partial charge on any atom is 0.355 e. The minimum absolute atomic E-state index is 0.148. The number of ether oxygens (including phenoxy) is 3. The van der Waals surface area contributed by atoms with Crippen LogP contribution in [0.3, 0.4) is 0 Å². The highest BCUT2D eigenvalue weighted by Gasteiger charge is 2.19. The quantitative estimate of drug-likeness (QED) is 0.128. The van der Waals surface area contributed by atoms with E-state index < -0.39 is 5.97 Å². The number of hydrazone groups is 1. The van der Waals surface area contributed by atoms with Crippen LogP contribution < -0.4 is 19.6 Å². The van der Waals surface area contributed by atoms with Crippen molar-refractivity contribution in [3.8, 4) is 17.2 Å². The van der Waals surface area contributed by atoms with Gasteiger partial charge >= 0.3 is 5.97 Å². The Morgan fingerprint density at radius 3 is 2.39 bits per heavy atom. The molecule has 0 atom stereocenters. The van der Waals surface area contributed by atoms with Crippen LogP contribution in [0.2, 0.25) is 5.02 Å². The molecule has 0 spiro atoms. The third-order valence-electron chi connectivity index (χ3n) is 5.22. The molecule has 3 aromatic carbocycles. The molecule has 36 heavy (non-hydrogen) atoms. The minimum atomic E-state index is -0.543.